The van der Waals surface area contributed by atoms with E-state index < -0.39 is 26.6 Å². The highest BCUT2D eigenvalue weighted by atomic mass is 35.5. The zero-order valence-corrected chi connectivity index (χ0v) is 16.1. The molecular formula is C15H22Cl2FN3O3S. The van der Waals surface area contributed by atoms with E-state index in [0.29, 0.717) is 13.0 Å². The van der Waals surface area contributed by atoms with Gasteiger partial charge in [-0.25, -0.2) is 17.5 Å². The van der Waals surface area contributed by atoms with Crippen LogP contribution in [-0.4, -0.2) is 26.9 Å². The monoisotopic (exact) mass is 413 g/mol. The minimum atomic E-state index is -4.08. The zero-order valence-electron chi connectivity index (χ0n) is 13.7. The van der Waals surface area contributed by atoms with E-state index in [9.17, 15) is 17.6 Å². The van der Waals surface area contributed by atoms with Crippen LogP contribution < -0.4 is 15.8 Å². The van der Waals surface area contributed by atoms with Crippen LogP contribution in [-0.2, 0) is 14.8 Å². The van der Waals surface area contributed by atoms with Crippen LogP contribution in [0.25, 0.3) is 0 Å². The topological polar surface area (TPSA) is 101 Å². The lowest BCUT2D eigenvalue weighted by Crippen LogP contribution is -2.44. The molecule has 4 N–H and O–H groups in total. The highest BCUT2D eigenvalue weighted by Crippen LogP contribution is 2.30. The molecule has 2 atom stereocenters. The minimum absolute atomic E-state index is 0. The second-order valence-corrected chi connectivity index (χ2v) is 8.04. The normalized spacial score (nSPS) is 20.6. The molecule has 6 nitrogen and oxygen atoms in total. The van der Waals surface area contributed by atoms with E-state index in [2.05, 4.69) is 10.0 Å². The van der Waals surface area contributed by atoms with Crippen molar-refractivity contribution >= 4 is 45.6 Å². The number of sulfonamides is 1. The van der Waals surface area contributed by atoms with Gasteiger partial charge in [-0.1, -0.05) is 24.4 Å². The molecule has 10 heteroatoms. The number of carbonyl (C=O) groups is 1. The summed E-state index contributed by atoms with van der Waals surface area (Å²) in [6, 6.07) is 1.59. The number of anilines is 1. The maximum Gasteiger partial charge on any atom is 0.243 e. The number of rotatable bonds is 5. The maximum absolute atomic E-state index is 14.3. The summed E-state index contributed by atoms with van der Waals surface area (Å²) in [6.07, 6.45) is 3.41. The van der Waals surface area contributed by atoms with E-state index in [1.165, 1.54) is 6.92 Å². The molecule has 0 spiro atoms. The summed E-state index contributed by atoms with van der Waals surface area (Å²) in [5.41, 5.74) is 5.73. The third-order valence-corrected chi connectivity index (χ3v) is 5.96. The van der Waals surface area contributed by atoms with Gasteiger partial charge in [-0.15, -0.1) is 12.4 Å². The second-order valence-electron chi connectivity index (χ2n) is 5.95. The summed E-state index contributed by atoms with van der Waals surface area (Å²) >= 11 is 5.96. The maximum atomic E-state index is 14.3. The van der Waals surface area contributed by atoms with Gasteiger partial charge in [0.15, 0.2) is 0 Å². The first kappa shape index (κ1) is 22.1. The van der Waals surface area contributed by atoms with E-state index in [1.807, 2.05) is 0 Å². The van der Waals surface area contributed by atoms with Gasteiger partial charge in [0.05, 0.1) is 10.7 Å². The molecule has 2 unspecified atom stereocenters. The molecule has 0 heterocycles. The molecule has 1 aliphatic carbocycles. The average Bonchev–Trinajstić information content (AvgIpc) is 2.50. The molecule has 1 fully saturated rings. The van der Waals surface area contributed by atoms with Gasteiger partial charge in [-0.3, -0.25) is 4.79 Å². The van der Waals surface area contributed by atoms with Crippen molar-refractivity contribution in [1.82, 2.24) is 4.72 Å². The Hall–Kier alpha value is -0.930. The SMILES string of the molecule is CC(=O)Nc1cc(F)c(S(=O)(=O)NC2CCCCC2CN)cc1Cl.Cl. The Bertz CT molecular complexity index is 731. The number of carbonyl (C=O) groups excluding carboxylic acids is 1. The van der Waals surface area contributed by atoms with Crippen molar-refractivity contribution < 1.29 is 17.6 Å². The first-order chi connectivity index (χ1) is 11.2. The minimum Gasteiger partial charge on any atom is -0.330 e. The van der Waals surface area contributed by atoms with Gasteiger partial charge in [0.1, 0.15) is 10.7 Å². The number of nitrogens with one attached hydrogen (secondary N) is 2. The molecule has 142 valence electrons. The molecule has 1 saturated carbocycles. The lowest BCUT2D eigenvalue weighted by Gasteiger charge is -2.31. The van der Waals surface area contributed by atoms with E-state index in [-0.39, 0.29) is 35.1 Å². The molecule has 1 aliphatic rings. The smallest absolute Gasteiger partial charge is 0.243 e. The molecule has 0 saturated heterocycles. The number of nitrogens with two attached hydrogens (primary N) is 1. The molecular weight excluding hydrogens is 392 g/mol. The van der Waals surface area contributed by atoms with Crippen molar-refractivity contribution in [1.29, 1.82) is 0 Å². The van der Waals surface area contributed by atoms with Crippen LogP contribution in [0.2, 0.25) is 5.02 Å². The molecule has 0 radical (unpaired) electrons. The van der Waals surface area contributed by atoms with Gasteiger partial charge in [-0.05, 0) is 31.4 Å². The summed E-state index contributed by atoms with van der Waals surface area (Å²) in [7, 11) is -4.08. The zero-order chi connectivity index (χ0) is 17.9. The Morgan fingerprint density at radius 3 is 2.60 bits per heavy atom. The predicted octanol–water partition coefficient (Wildman–Crippen LogP) is 2.66. The molecule has 0 aromatic heterocycles. The van der Waals surface area contributed by atoms with Crippen molar-refractivity contribution in [3.8, 4) is 0 Å². The molecule has 0 aliphatic heterocycles. The van der Waals surface area contributed by atoms with Gasteiger partial charge >= 0.3 is 0 Å². The fourth-order valence-electron chi connectivity index (χ4n) is 2.93. The van der Waals surface area contributed by atoms with Crippen LogP contribution >= 0.6 is 24.0 Å². The second kappa shape index (κ2) is 9.14. The summed E-state index contributed by atoms with van der Waals surface area (Å²) in [5.74, 6) is -1.38. The Balaban J connectivity index is 0.00000312. The van der Waals surface area contributed by atoms with Gasteiger partial charge in [0.25, 0.3) is 0 Å². The largest absolute Gasteiger partial charge is 0.330 e. The highest BCUT2D eigenvalue weighted by Gasteiger charge is 2.30. The number of hydrogen-bond acceptors (Lipinski definition) is 4. The van der Waals surface area contributed by atoms with E-state index >= 15 is 0 Å². The lowest BCUT2D eigenvalue weighted by atomic mass is 9.85. The predicted molar refractivity (Wildman–Crippen MR) is 98.1 cm³/mol. The molecule has 1 aromatic rings. The van der Waals surface area contributed by atoms with Gasteiger partial charge < -0.3 is 11.1 Å². The van der Waals surface area contributed by atoms with Crippen LogP contribution in [0.15, 0.2) is 17.0 Å². The Labute approximate surface area is 158 Å². The van der Waals surface area contributed by atoms with Gasteiger partial charge in [0.2, 0.25) is 15.9 Å². The van der Waals surface area contributed by atoms with Crippen molar-refractivity contribution in [3.05, 3.63) is 23.0 Å². The summed E-state index contributed by atoms with van der Waals surface area (Å²) < 4.78 is 41.9. The third kappa shape index (κ3) is 5.52. The van der Waals surface area contributed by atoms with E-state index in [4.69, 9.17) is 17.3 Å². The van der Waals surface area contributed by atoms with Crippen LogP contribution in [0.3, 0.4) is 0 Å². The summed E-state index contributed by atoms with van der Waals surface area (Å²) in [6.45, 7) is 1.62. The Morgan fingerprint density at radius 2 is 2.00 bits per heavy atom. The van der Waals surface area contributed by atoms with E-state index in [1.54, 1.807) is 0 Å². The molecule has 1 amide bonds. The number of amides is 1. The van der Waals surface area contributed by atoms with Crippen LogP contribution in [0, 0.1) is 11.7 Å². The van der Waals surface area contributed by atoms with Crippen LogP contribution in [0.4, 0.5) is 10.1 Å². The number of benzene rings is 1. The van der Waals surface area contributed by atoms with Gasteiger partial charge in [-0.2, -0.15) is 0 Å². The Kier molecular flexibility index (Phi) is 8.08. The standard InChI is InChI=1S/C15H21ClFN3O3S.ClH/c1-9(21)19-14-7-12(17)15(6-11(14)16)24(22,23)20-13-5-3-2-4-10(13)8-18;/h6-7,10,13,20H,2-5,8,18H2,1H3,(H,19,21);1H. The van der Waals surface area contributed by atoms with Crippen molar-refractivity contribution in [2.75, 3.05) is 11.9 Å². The van der Waals surface area contributed by atoms with E-state index in [0.717, 1.165) is 31.4 Å². The first-order valence-corrected chi connectivity index (χ1v) is 9.59. The molecule has 25 heavy (non-hydrogen) atoms. The summed E-state index contributed by atoms with van der Waals surface area (Å²) in [5, 5.41) is 2.30. The van der Waals surface area contributed by atoms with Crippen molar-refractivity contribution in [3.63, 3.8) is 0 Å². The Morgan fingerprint density at radius 1 is 1.36 bits per heavy atom. The van der Waals surface area contributed by atoms with Crippen LogP contribution in [0.5, 0.6) is 0 Å². The molecule has 2 rings (SSSR count). The molecule has 1 aromatic carbocycles. The number of hydrogen-bond donors (Lipinski definition) is 3. The number of halogens is 3. The highest BCUT2D eigenvalue weighted by molar-refractivity contribution is 7.89. The first-order valence-electron chi connectivity index (χ1n) is 7.73. The fraction of sp³-hybridized carbons (Fsp3) is 0.533. The average molecular weight is 414 g/mol. The quantitative estimate of drug-likeness (QED) is 0.690. The molecule has 0 bridgehead atoms. The van der Waals surface area contributed by atoms with Crippen molar-refractivity contribution in [2.24, 2.45) is 11.7 Å². The summed E-state index contributed by atoms with van der Waals surface area (Å²) in [4.78, 5) is 10.5. The van der Waals surface area contributed by atoms with Crippen molar-refractivity contribution in [2.45, 2.75) is 43.5 Å². The lowest BCUT2D eigenvalue weighted by molar-refractivity contribution is -0.114. The fourth-order valence-corrected chi connectivity index (χ4v) is 4.63. The van der Waals surface area contributed by atoms with Gasteiger partial charge in [0, 0.05) is 19.0 Å². The van der Waals surface area contributed by atoms with Crippen LogP contribution in [0.1, 0.15) is 32.6 Å². The third-order valence-electron chi connectivity index (χ3n) is 4.14.